The van der Waals surface area contributed by atoms with Gasteiger partial charge in [-0.15, -0.1) is 0 Å². The van der Waals surface area contributed by atoms with Crippen molar-refractivity contribution in [2.24, 2.45) is 0 Å². The molecule has 0 unspecified atom stereocenters. The number of carbonyl (C=O) groups excluding carboxylic acids is 2. The normalized spacial score (nSPS) is 14.8. The van der Waals surface area contributed by atoms with Crippen molar-refractivity contribution in [3.05, 3.63) is 77.1 Å². The highest BCUT2D eigenvalue weighted by Crippen LogP contribution is 2.24. The van der Waals surface area contributed by atoms with Crippen molar-refractivity contribution in [3.8, 4) is 0 Å². The lowest BCUT2D eigenvalue weighted by Gasteiger charge is -2.28. The molecule has 0 aromatic heterocycles. The molecule has 0 aliphatic carbocycles. The Morgan fingerprint density at radius 1 is 1.03 bits per heavy atom. The number of hydrogen-bond acceptors (Lipinski definition) is 4. The fourth-order valence-corrected chi connectivity index (χ4v) is 2.95. The van der Waals surface area contributed by atoms with E-state index in [4.69, 9.17) is 9.94 Å². The number of hydroxylamine groups is 1. The Kier molecular flexibility index (Phi) is 6.89. The second kappa shape index (κ2) is 9.77. The molecule has 3 rings (SSSR count). The molecule has 1 heterocycles. The van der Waals surface area contributed by atoms with Crippen LogP contribution in [0.2, 0.25) is 0 Å². The van der Waals surface area contributed by atoms with Crippen molar-refractivity contribution >= 4 is 29.5 Å². The molecule has 2 aromatic carbocycles. The van der Waals surface area contributed by atoms with Gasteiger partial charge in [-0.2, -0.15) is 0 Å². The molecule has 2 aromatic rings. The first-order valence-electron chi connectivity index (χ1n) is 9.14. The molecule has 1 fully saturated rings. The zero-order valence-corrected chi connectivity index (χ0v) is 15.7. The maximum atomic E-state index is 14.4. The number of carbonyl (C=O) groups is 2. The maximum Gasteiger partial charge on any atom is 0.267 e. The van der Waals surface area contributed by atoms with Gasteiger partial charge in [0.25, 0.3) is 11.8 Å². The summed E-state index contributed by atoms with van der Waals surface area (Å²) in [6.45, 7) is 1.83. The molecule has 6 nitrogen and oxygen atoms in total. The van der Waals surface area contributed by atoms with Gasteiger partial charge in [-0.1, -0.05) is 42.5 Å². The van der Waals surface area contributed by atoms with Gasteiger partial charge in [0, 0.05) is 24.7 Å². The molecule has 0 radical (unpaired) electrons. The Bertz CT molecular complexity index is 932. The van der Waals surface area contributed by atoms with Crippen molar-refractivity contribution in [1.82, 2.24) is 10.4 Å². The molecule has 7 heteroatoms. The Labute approximate surface area is 167 Å². The zero-order chi connectivity index (χ0) is 20.6. The highest BCUT2D eigenvalue weighted by molar-refractivity contribution is 6.24. The minimum atomic E-state index is -0.632. The number of nitrogens with zero attached hydrogens (tertiary/aromatic N) is 1. The van der Waals surface area contributed by atoms with Gasteiger partial charge in [0.15, 0.2) is 0 Å². The number of hydrogen-bond donors (Lipinski definition) is 2. The molecular formula is C22H21FN2O4. The summed E-state index contributed by atoms with van der Waals surface area (Å²) in [4.78, 5) is 25.8. The van der Waals surface area contributed by atoms with Crippen molar-refractivity contribution in [2.75, 3.05) is 26.3 Å². The third kappa shape index (κ3) is 5.37. The molecular weight excluding hydrogens is 375 g/mol. The fourth-order valence-electron chi connectivity index (χ4n) is 2.95. The first kappa shape index (κ1) is 20.4. The Hall–Kier alpha value is -3.29. The summed E-state index contributed by atoms with van der Waals surface area (Å²) in [7, 11) is 0. The first-order chi connectivity index (χ1) is 14.1. The maximum absolute atomic E-state index is 14.4. The molecule has 1 aliphatic rings. The molecule has 2 N–H and O–H groups in total. The predicted molar refractivity (Wildman–Crippen MR) is 107 cm³/mol. The topological polar surface area (TPSA) is 78.9 Å². The monoisotopic (exact) mass is 396 g/mol. The standard InChI is InChI=1S/C22H21FN2O4/c23-20-4-2-1-3-18(20)19(22(27)25-11-13-29-14-12-25)15-17-7-5-16(6-8-17)9-10-21(26)24-28/h1-10,15,28H,11-14H2,(H,24,26)/b10-9+,19-15+. The van der Waals surface area contributed by atoms with Gasteiger partial charge in [-0.3, -0.25) is 14.8 Å². The average molecular weight is 396 g/mol. The van der Waals surface area contributed by atoms with E-state index in [-0.39, 0.29) is 17.0 Å². The van der Waals surface area contributed by atoms with Gasteiger partial charge in [-0.25, -0.2) is 9.87 Å². The number of ether oxygens (including phenoxy) is 1. The van der Waals surface area contributed by atoms with Gasteiger partial charge in [0.05, 0.1) is 18.8 Å². The minimum Gasteiger partial charge on any atom is -0.378 e. The van der Waals surface area contributed by atoms with Crippen LogP contribution in [0, 0.1) is 5.82 Å². The molecule has 0 saturated carbocycles. The van der Waals surface area contributed by atoms with Gasteiger partial charge < -0.3 is 9.64 Å². The molecule has 0 bridgehead atoms. The Balaban J connectivity index is 1.92. The number of amides is 2. The van der Waals surface area contributed by atoms with Crippen LogP contribution in [0.5, 0.6) is 0 Å². The second-order valence-corrected chi connectivity index (χ2v) is 6.42. The van der Waals surface area contributed by atoms with Gasteiger partial charge in [0.1, 0.15) is 5.82 Å². The molecule has 2 amide bonds. The van der Waals surface area contributed by atoms with E-state index in [0.29, 0.717) is 31.9 Å². The molecule has 1 aliphatic heterocycles. The van der Waals surface area contributed by atoms with Crippen LogP contribution in [0.25, 0.3) is 17.7 Å². The lowest BCUT2D eigenvalue weighted by atomic mass is 10.00. The van der Waals surface area contributed by atoms with Crippen LogP contribution < -0.4 is 5.48 Å². The van der Waals surface area contributed by atoms with Gasteiger partial charge in [-0.05, 0) is 29.3 Å². The van der Waals surface area contributed by atoms with Crippen molar-refractivity contribution in [3.63, 3.8) is 0 Å². The molecule has 0 atom stereocenters. The molecule has 0 spiro atoms. The van der Waals surface area contributed by atoms with Gasteiger partial charge >= 0.3 is 0 Å². The molecule has 150 valence electrons. The summed E-state index contributed by atoms with van der Waals surface area (Å²) in [6, 6.07) is 13.2. The Morgan fingerprint density at radius 2 is 1.69 bits per heavy atom. The Morgan fingerprint density at radius 3 is 2.34 bits per heavy atom. The van der Waals surface area contributed by atoms with Crippen LogP contribution >= 0.6 is 0 Å². The number of halogens is 1. The highest BCUT2D eigenvalue weighted by atomic mass is 19.1. The quantitative estimate of drug-likeness (QED) is 0.353. The third-order valence-electron chi connectivity index (χ3n) is 4.48. The lowest BCUT2D eigenvalue weighted by Crippen LogP contribution is -2.41. The van der Waals surface area contributed by atoms with E-state index in [1.807, 2.05) is 0 Å². The van der Waals surface area contributed by atoms with Crippen molar-refractivity contribution in [1.29, 1.82) is 0 Å². The average Bonchev–Trinajstić information content (AvgIpc) is 2.77. The van der Waals surface area contributed by atoms with Crippen molar-refractivity contribution in [2.45, 2.75) is 0 Å². The number of nitrogens with one attached hydrogen (secondary N) is 1. The number of morpholine rings is 1. The van der Waals surface area contributed by atoms with E-state index < -0.39 is 11.7 Å². The summed E-state index contributed by atoms with van der Waals surface area (Å²) in [5.74, 6) is -1.34. The number of rotatable bonds is 5. The van der Waals surface area contributed by atoms with E-state index >= 15 is 0 Å². The summed E-state index contributed by atoms with van der Waals surface area (Å²) in [5, 5.41) is 8.51. The zero-order valence-electron chi connectivity index (χ0n) is 15.7. The van der Waals surface area contributed by atoms with E-state index in [9.17, 15) is 14.0 Å². The van der Waals surface area contributed by atoms with Gasteiger partial charge in [0.2, 0.25) is 0 Å². The second-order valence-electron chi connectivity index (χ2n) is 6.42. The summed E-state index contributed by atoms with van der Waals surface area (Å²) >= 11 is 0. The van der Waals surface area contributed by atoms with Crippen LogP contribution in [0.1, 0.15) is 16.7 Å². The van der Waals surface area contributed by atoms with Crippen LogP contribution in [-0.4, -0.2) is 48.2 Å². The van der Waals surface area contributed by atoms with Crippen LogP contribution in [0.3, 0.4) is 0 Å². The lowest BCUT2D eigenvalue weighted by molar-refractivity contribution is -0.129. The summed E-state index contributed by atoms with van der Waals surface area (Å²) < 4.78 is 19.7. The summed E-state index contributed by atoms with van der Waals surface area (Å²) in [5.41, 5.74) is 3.48. The third-order valence-corrected chi connectivity index (χ3v) is 4.48. The number of benzene rings is 2. The van der Waals surface area contributed by atoms with Crippen LogP contribution in [0.15, 0.2) is 54.6 Å². The highest BCUT2D eigenvalue weighted by Gasteiger charge is 2.23. The van der Waals surface area contributed by atoms with Crippen LogP contribution in [-0.2, 0) is 14.3 Å². The summed E-state index contributed by atoms with van der Waals surface area (Å²) in [6.07, 6.45) is 4.39. The minimum absolute atomic E-state index is 0.243. The fraction of sp³-hybridized carbons (Fsp3) is 0.182. The predicted octanol–water partition coefficient (Wildman–Crippen LogP) is 2.74. The first-order valence-corrected chi connectivity index (χ1v) is 9.14. The molecule has 1 saturated heterocycles. The van der Waals surface area contributed by atoms with E-state index in [2.05, 4.69) is 0 Å². The van der Waals surface area contributed by atoms with Crippen molar-refractivity contribution < 1.29 is 23.9 Å². The largest absolute Gasteiger partial charge is 0.378 e. The van der Waals surface area contributed by atoms with Crippen LogP contribution in [0.4, 0.5) is 4.39 Å². The van der Waals surface area contributed by atoms with E-state index in [1.165, 1.54) is 23.7 Å². The molecule has 29 heavy (non-hydrogen) atoms. The smallest absolute Gasteiger partial charge is 0.267 e. The van der Waals surface area contributed by atoms with E-state index in [0.717, 1.165) is 5.56 Å². The van der Waals surface area contributed by atoms with E-state index in [1.54, 1.807) is 53.4 Å². The SMILES string of the molecule is O=C(/C=C/c1ccc(/C=C(/C(=O)N2CCOCC2)c2ccccc2F)cc1)NO.